The van der Waals surface area contributed by atoms with E-state index in [-0.39, 0.29) is 11.9 Å². The molecule has 0 spiro atoms. The van der Waals surface area contributed by atoms with Crippen LogP contribution in [-0.4, -0.2) is 37.0 Å². The van der Waals surface area contributed by atoms with Gasteiger partial charge in [-0.25, -0.2) is 4.68 Å². The highest BCUT2D eigenvalue weighted by Gasteiger charge is 2.21. The smallest absolute Gasteiger partial charge is 0.255 e. The largest absolute Gasteiger partial charge is 0.493 e. The molecular weight excluding hydrogens is 382 g/mol. The van der Waals surface area contributed by atoms with E-state index in [1.807, 2.05) is 57.2 Å². The predicted octanol–water partition coefficient (Wildman–Crippen LogP) is 4.01. The van der Waals surface area contributed by atoms with E-state index in [0.717, 1.165) is 22.5 Å². The minimum absolute atomic E-state index is 0.200. The van der Waals surface area contributed by atoms with Gasteiger partial charge < -0.3 is 19.5 Å². The van der Waals surface area contributed by atoms with Gasteiger partial charge in [0.25, 0.3) is 5.91 Å². The zero-order chi connectivity index (χ0) is 21.8. The Morgan fingerprint density at radius 3 is 2.23 bits per heavy atom. The number of carbonyl (C=O) groups is 1. The van der Waals surface area contributed by atoms with Crippen molar-refractivity contribution in [3.8, 4) is 22.9 Å². The van der Waals surface area contributed by atoms with Crippen molar-refractivity contribution in [2.75, 3.05) is 21.3 Å². The van der Waals surface area contributed by atoms with Gasteiger partial charge in [0.15, 0.2) is 11.5 Å². The fourth-order valence-corrected chi connectivity index (χ4v) is 3.39. The third-order valence-corrected chi connectivity index (χ3v) is 5.13. The lowest BCUT2D eigenvalue weighted by molar-refractivity contribution is 0.0939. The Bertz CT molecular complexity index is 1030. The number of hydrogen-bond donors (Lipinski definition) is 1. The van der Waals surface area contributed by atoms with Crippen LogP contribution in [0, 0.1) is 13.8 Å². The lowest BCUT2D eigenvalue weighted by Crippen LogP contribution is -2.27. The van der Waals surface area contributed by atoms with Crippen LogP contribution < -0.4 is 19.5 Å². The molecule has 0 radical (unpaired) electrons. The van der Waals surface area contributed by atoms with Crippen LogP contribution >= 0.6 is 0 Å². The molecule has 30 heavy (non-hydrogen) atoms. The van der Waals surface area contributed by atoms with Crippen LogP contribution in [0.4, 0.5) is 0 Å². The first-order valence-electron chi connectivity index (χ1n) is 9.62. The van der Waals surface area contributed by atoms with E-state index in [9.17, 15) is 4.79 Å². The molecule has 1 unspecified atom stereocenters. The first-order chi connectivity index (χ1) is 14.4. The summed E-state index contributed by atoms with van der Waals surface area (Å²) in [6.45, 7) is 5.81. The summed E-state index contributed by atoms with van der Waals surface area (Å²) >= 11 is 0. The quantitative estimate of drug-likeness (QED) is 0.638. The number of rotatable bonds is 7. The second kappa shape index (κ2) is 8.90. The summed E-state index contributed by atoms with van der Waals surface area (Å²) < 4.78 is 18.0. The van der Waals surface area contributed by atoms with Crippen LogP contribution in [0.5, 0.6) is 17.2 Å². The number of nitrogens with one attached hydrogen (secondary N) is 1. The summed E-state index contributed by atoms with van der Waals surface area (Å²) in [7, 11) is 4.68. The zero-order valence-electron chi connectivity index (χ0n) is 18.1. The van der Waals surface area contributed by atoms with Crippen molar-refractivity contribution in [2.45, 2.75) is 26.8 Å². The van der Waals surface area contributed by atoms with Crippen molar-refractivity contribution in [3.05, 3.63) is 65.0 Å². The highest BCUT2D eigenvalue weighted by atomic mass is 16.5. The minimum atomic E-state index is -0.285. The number of benzene rings is 2. The van der Waals surface area contributed by atoms with Gasteiger partial charge in [-0.05, 0) is 50.1 Å². The summed E-state index contributed by atoms with van der Waals surface area (Å²) in [6.07, 6.45) is 1.60. The fraction of sp³-hybridized carbons (Fsp3) is 0.304. The molecule has 1 amide bonds. The molecule has 0 fully saturated rings. The van der Waals surface area contributed by atoms with Gasteiger partial charge in [-0.1, -0.05) is 18.2 Å². The molecule has 7 nitrogen and oxygen atoms in total. The number of methoxy groups -OCH3 is 3. The number of carbonyl (C=O) groups excluding carboxylic acids is 1. The van der Waals surface area contributed by atoms with Crippen molar-refractivity contribution in [1.82, 2.24) is 15.1 Å². The molecule has 1 atom stereocenters. The highest BCUT2D eigenvalue weighted by molar-refractivity contribution is 5.95. The van der Waals surface area contributed by atoms with Gasteiger partial charge in [0.05, 0.1) is 50.5 Å². The Morgan fingerprint density at radius 2 is 1.67 bits per heavy atom. The molecule has 0 aliphatic carbocycles. The molecule has 0 bridgehead atoms. The van der Waals surface area contributed by atoms with Gasteiger partial charge >= 0.3 is 0 Å². The Hall–Kier alpha value is -3.48. The molecule has 158 valence electrons. The number of nitrogens with zero attached hydrogens (tertiary/aromatic N) is 2. The molecule has 1 N–H and O–H groups in total. The normalized spacial score (nSPS) is 11.7. The van der Waals surface area contributed by atoms with E-state index in [2.05, 4.69) is 10.4 Å². The Labute approximate surface area is 176 Å². The van der Waals surface area contributed by atoms with E-state index < -0.39 is 0 Å². The first-order valence-corrected chi connectivity index (χ1v) is 9.62. The second-order valence-electron chi connectivity index (χ2n) is 7.00. The molecular formula is C23H27N3O4. The zero-order valence-corrected chi connectivity index (χ0v) is 18.1. The van der Waals surface area contributed by atoms with Crippen LogP contribution in [0.2, 0.25) is 0 Å². The standard InChI is InChI=1S/C23H27N3O4/c1-14-9-7-8-10-19(14)26-16(3)18(13-24-26)23(27)25-15(2)17-11-20(28-4)22(30-6)21(12-17)29-5/h7-13,15H,1-6H3,(H,25,27). The number of hydrogen-bond acceptors (Lipinski definition) is 5. The highest BCUT2D eigenvalue weighted by Crippen LogP contribution is 2.39. The van der Waals surface area contributed by atoms with Gasteiger partial charge in [-0.2, -0.15) is 5.10 Å². The molecule has 3 rings (SSSR count). The summed E-state index contributed by atoms with van der Waals surface area (Å²) in [5.41, 5.74) is 4.17. The van der Waals surface area contributed by atoms with E-state index in [4.69, 9.17) is 14.2 Å². The molecule has 3 aromatic rings. The summed E-state index contributed by atoms with van der Waals surface area (Å²) in [4.78, 5) is 13.0. The predicted molar refractivity (Wildman–Crippen MR) is 115 cm³/mol. The molecule has 1 aromatic heterocycles. The molecule has 2 aromatic carbocycles. The van der Waals surface area contributed by atoms with Gasteiger partial charge in [0, 0.05) is 0 Å². The van der Waals surface area contributed by atoms with Gasteiger partial charge in [-0.3, -0.25) is 4.79 Å². The topological polar surface area (TPSA) is 74.6 Å². The van der Waals surface area contributed by atoms with E-state index >= 15 is 0 Å². The van der Waals surface area contributed by atoms with Gasteiger partial charge in [0.1, 0.15) is 0 Å². The number of ether oxygens (including phenoxy) is 3. The van der Waals surface area contributed by atoms with Crippen LogP contribution in [0.1, 0.15) is 40.1 Å². The van der Waals surface area contributed by atoms with Crippen LogP contribution in [0.3, 0.4) is 0 Å². The average Bonchev–Trinajstić information content (AvgIpc) is 3.13. The summed E-state index contributed by atoms with van der Waals surface area (Å²) in [5, 5.41) is 7.45. The minimum Gasteiger partial charge on any atom is -0.493 e. The molecule has 0 saturated carbocycles. The Morgan fingerprint density at radius 1 is 1.03 bits per heavy atom. The molecule has 7 heteroatoms. The van der Waals surface area contributed by atoms with Crippen molar-refractivity contribution in [2.24, 2.45) is 0 Å². The van der Waals surface area contributed by atoms with Gasteiger partial charge in [-0.15, -0.1) is 0 Å². The van der Waals surface area contributed by atoms with Crippen LogP contribution in [0.15, 0.2) is 42.6 Å². The van der Waals surface area contributed by atoms with Gasteiger partial charge in [0.2, 0.25) is 5.75 Å². The van der Waals surface area contributed by atoms with Crippen LogP contribution in [0.25, 0.3) is 5.69 Å². The van der Waals surface area contributed by atoms with E-state index in [0.29, 0.717) is 22.8 Å². The number of aryl methyl sites for hydroxylation is 1. The Kier molecular flexibility index (Phi) is 6.30. The third kappa shape index (κ3) is 3.96. The average molecular weight is 409 g/mol. The lowest BCUT2D eigenvalue weighted by atomic mass is 10.1. The lowest BCUT2D eigenvalue weighted by Gasteiger charge is -2.19. The SMILES string of the molecule is COc1cc(C(C)NC(=O)c2cnn(-c3ccccc3C)c2C)cc(OC)c1OC. The Balaban J connectivity index is 1.86. The van der Waals surface area contributed by atoms with Crippen LogP contribution in [-0.2, 0) is 0 Å². The number of para-hydroxylation sites is 1. The van der Waals surface area contributed by atoms with Crippen molar-refractivity contribution < 1.29 is 19.0 Å². The monoisotopic (exact) mass is 409 g/mol. The van der Waals surface area contributed by atoms with Crippen molar-refractivity contribution in [1.29, 1.82) is 0 Å². The molecule has 0 aliphatic heterocycles. The summed E-state index contributed by atoms with van der Waals surface area (Å²) in [6, 6.07) is 11.3. The van der Waals surface area contributed by atoms with E-state index in [1.165, 1.54) is 0 Å². The second-order valence-corrected chi connectivity index (χ2v) is 7.00. The maximum Gasteiger partial charge on any atom is 0.255 e. The maximum atomic E-state index is 13.0. The van der Waals surface area contributed by atoms with Crippen molar-refractivity contribution in [3.63, 3.8) is 0 Å². The maximum absolute atomic E-state index is 13.0. The first kappa shape index (κ1) is 21.2. The molecule has 0 aliphatic rings. The summed E-state index contributed by atoms with van der Waals surface area (Å²) in [5.74, 6) is 1.39. The third-order valence-electron chi connectivity index (χ3n) is 5.13. The molecule has 0 saturated heterocycles. The fourth-order valence-electron chi connectivity index (χ4n) is 3.39. The van der Waals surface area contributed by atoms with Crippen molar-refractivity contribution >= 4 is 5.91 Å². The number of amides is 1. The molecule has 1 heterocycles. The number of aromatic nitrogens is 2. The van der Waals surface area contributed by atoms with E-state index in [1.54, 1.807) is 32.2 Å².